The average molecular weight is 404 g/mol. The van der Waals surface area contributed by atoms with Crippen molar-refractivity contribution < 1.29 is 9.53 Å². The fourth-order valence-electron chi connectivity index (χ4n) is 3.64. The number of ether oxygens (including phenoxy) is 1. The fourth-order valence-corrected chi connectivity index (χ4v) is 3.64. The lowest BCUT2D eigenvalue weighted by Gasteiger charge is -2.30. The van der Waals surface area contributed by atoms with E-state index in [1.54, 1.807) is 0 Å². The maximum atomic E-state index is 11.6. The van der Waals surface area contributed by atoms with E-state index in [2.05, 4.69) is 61.0 Å². The lowest BCUT2D eigenvalue weighted by Crippen LogP contribution is -2.38. The molecule has 1 saturated carbocycles. The largest absolute Gasteiger partial charge is 0.444 e. The molecule has 2 rings (SSSR count). The molecule has 0 radical (unpaired) electrons. The smallest absolute Gasteiger partial charge is 0.407 e. The molecule has 5 nitrogen and oxygen atoms in total. The molecule has 1 amide bonds. The van der Waals surface area contributed by atoms with Crippen LogP contribution in [0, 0.1) is 0 Å². The summed E-state index contributed by atoms with van der Waals surface area (Å²) in [4.78, 5) is 11.6. The number of nitrogens with one attached hydrogen (secondary N) is 3. The molecule has 0 atom stereocenters. The van der Waals surface area contributed by atoms with Gasteiger partial charge >= 0.3 is 6.09 Å². The number of amides is 1. The molecular formula is C24H41N3O2. The lowest BCUT2D eigenvalue weighted by atomic mass is 9.87. The molecule has 0 heterocycles. The summed E-state index contributed by atoms with van der Waals surface area (Å²) >= 11 is 0. The van der Waals surface area contributed by atoms with Gasteiger partial charge in [0.1, 0.15) is 5.60 Å². The maximum Gasteiger partial charge on any atom is 0.407 e. The molecule has 0 unspecified atom stereocenters. The molecule has 1 aromatic carbocycles. The van der Waals surface area contributed by atoms with E-state index in [1.165, 1.54) is 36.9 Å². The van der Waals surface area contributed by atoms with Crippen LogP contribution in [0.15, 0.2) is 24.3 Å². The van der Waals surface area contributed by atoms with Crippen LogP contribution in [0.1, 0.15) is 79.2 Å². The van der Waals surface area contributed by atoms with Gasteiger partial charge in [0.2, 0.25) is 0 Å². The van der Waals surface area contributed by atoms with Gasteiger partial charge in [0.25, 0.3) is 0 Å². The number of carbonyl (C=O) groups is 1. The lowest BCUT2D eigenvalue weighted by molar-refractivity contribution is 0.0527. The van der Waals surface area contributed by atoms with Crippen LogP contribution in [0.5, 0.6) is 0 Å². The molecule has 1 aromatic rings. The topological polar surface area (TPSA) is 62.4 Å². The number of hydrogen-bond donors (Lipinski definition) is 3. The number of rotatable bonds is 7. The number of hydrogen-bond acceptors (Lipinski definition) is 4. The zero-order chi connectivity index (χ0) is 21.5. The van der Waals surface area contributed by atoms with Crippen LogP contribution < -0.4 is 16.0 Å². The van der Waals surface area contributed by atoms with Crippen molar-refractivity contribution >= 4 is 11.8 Å². The van der Waals surface area contributed by atoms with Gasteiger partial charge < -0.3 is 20.7 Å². The minimum atomic E-state index is -0.441. The Balaban J connectivity index is 1.59. The third-order valence-electron chi connectivity index (χ3n) is 5.30. The van der Waals surface area contributed by atoms with Crippen LogP contribution >= 0.6 is 0 Å². The quantitative estimate of drug-likeness (QED) is 0.547. The van der Waals surface area contributed by atoms with Gasteiger partial charge in [-0.15, -0.1) is 0 Å². The number of carbonyl (C=O) groups excluding carboxylic acids is 1. The third-order valence-corrected chi connectivity index (χ3v) is 5.30. The van der Waals surface area contributed by atoms with Crippen LogP contribution in [0.4, 0.5) is 10.5 Å². The van der Waals surface area contributed by atoms with Crippen molar-refractivity contribution in [1.82, 2.24) is 10.6 Å². The standard InChI is InChI=1S/C24H41N3O2/c1-23(2,3)18-8-10-20(11-9-18)27-21-14-12-19(13-15-21)25-16-7-17-26-22(28)29-24(4,5)6/h8-11,19,21,25,27H,7,12-17H2,1-6H3,(H,26,28). The van der Waals surface area contributed by atoms with Crippen molar-refractivity contribution in [3.05, 3.63) is 29.8 Å². The zero-order valence-electron chi connectivity index (χ0n) is 19.2. The predicted octanol–water partition coefficient (Wildman–Crippen LogP) is 5.21. The van der Waals surface area contributed by atoms with E-state index in [4.69, 9.17) is 4.74 Å². The minimum absolute atomic E-state index is 0.199. The SMILES string of the molecule is CC(C)(C)OC(=O)NCCCNC1CCC(Nc2ccc(C(C)(C)C)cc2)CC1. The van der Waals surface area contributed by atoms with E-state index in [9.17, 15) is 4.79 Å². The Kier molecular flexibility index (Phi) is 8.38. The van der Waals surface area contributed by atoms with Crippen molar-refractivity contribution in [2.24, 2.45) is 0 Å². The Morgan fingerprint density at radius 2 is 1.52 bits per heavy atom. The maximum absolute atomic E-state index is 11.6. The summed E-state index contributed by atoms with van der Waals surface area (Å²) in [6.45, 7) is 13.9. The van der Waals surface area contributed by atoms with Crippen LogP contribution in [0.25, 0.3) is 0 Å². The summed E-state index contributed by atoms with van der Waals surface area (Å²) < 4.78 is 5.24. The minimum Gasteiger partial charge on any atom is -0.444 e. The molecule has 0 spiro atoms. The van der Waals surface area contributed by atoms with Gasteiger partial charge in [-0.2, -0.15) is 0 Å². The Bertz CT molecular complexity index is 621. The number of anilines is 1. The van der Waals surface area contributed by atoms with E-state index in [0.717, 1.165) is 13.0 Å². The Morgan fingerprint density at radius 3 is 2.07 bits per heavy atom. The molecule has 0 aliphatic heterocycles. The summed E-state index contributed by atoms with van der Waals surface area (Å²) in [6, 6.07) is 10.0. The predicted molar refractivity (Wildman–Crippen MR) is 122 cm³/mol. The van der Waals surface area contributed by atoms with Crippen LogP contribution in [0.3, 0.4) is 0 Å². The molecule has 1 fully saturated rings. The second-order valence-electron chi connectivity index (χ2n) is 10.3. The highest BCUT2D eigenvalue weighted by Gasteiger charge is 2.21. The number of benzene rings is 1. The molecule has 1 aliphatic rings. The van der Waals surface area contributed by atoms with Gasteiger partial charge in [0.15, 0.2) is 0 Å². The molecular weight excluding hydrogens is 362 g/mol. The van der Waals surface area contributed by atoms with E-state index in [-0.39, 0.29) is 11.5 Å². The van der Waals surface area contributed by atoms with Crippen molar-refractivity contribution in [2.75, 3.05) is 18.4 Å². The molecule has 0 bridgehead atoms. The molecule has 164 valence electrons. The number of alkyl carbamates (subject to hydrolysis) is 1. The van der Waals surface area contributed by atoms with E-state index in [1.807, 2.05) is 20.8 Å². The van der Waals surface area contributed by atoms with Gasteiger partial charge in [-0.3, -0.25) is 0 Å². The Hall–Kier alpha value is -1.75. The Morgan fingerprint density at radius 1 is 0.931 bits per heavy atom. The molecule has 1 aliphatic carbocycles. The first kappa shape index (κ1) is 23.5. The Labute approximate surface area is 177 Å². The van der Waals surface area contributed by atoms with Gasteiger partial charge in [-0.1, -0.05) is 32.9 Å². The summed E-state index contributed by atoms with van der Waals surface area (Å²) in [7, 11) is 0. The van der Waals surface area contributed by atoms with Gasteiger partial charge in [0.05, 0.1) is 0 Å². The van der Waals surface area contributed by atoms with Crippen molar-refractivity contribution in [3.8, 4) is 0 Å². The molecule has 0 saturated heterocycles. The molecule has 0 aromatic heterocycles. The molecule has 29 heavy (non-hydrogen) atoms. The highest BCUT2D eigenvalue weighted by atomic mass is 16.6. The van der Waals surface area contributed by atoms with Crippen molar-refractivity contribution in [2.45, 2.75) is 96.7 Å². The molecule has 3 N–H and O–H groups in total. The van der Waals surface area contributed by atoms with Crippen molar-refractivity contribution in [1.29, 1.82) is 0 Å². The summed E-state index contributed by atoms with van der Waals surface area (Å²) in [5.74, 6) is 0. The first-order valence-corrected chi connectivity index (χ1v) is 11.1. The van der Waals surface area contributed by atoms with E-state index in [0.29, 0.717) is 18.6 Å². The van der Waals surface area contributed by atoms with Crippen LogP contribution in [-0.4, -0.2) is 36.9 Å². The fraction of sp³-hybridized carbons (Fsp3) is 0.708. The zero-order valence-corrected chi connectivity index (χ0v) is 19.2. The third kappa shape index (κ3) is 9.07. The second kappa shape index (κ2) is 10.3. The summed E-state index contributed by atoms with van der Waals surface area (Å²) in [6.07, 6.45) is 5.34. The first-order valence-electron chi connectivity index (χ1n) is 11.1. The average Bonchev–Trinajstić information content (AvgIpc) is 2.61. The molecule has 5 heteroatoms. The van der Waals surface area contributed by atoms with Gasteiger partial charge in [-0.05, 0) is 82.5 Å². The van der Waals surface area contributed by atoms with Gasteiger partial charge in [-0.25, -0.2) is 4.79 Å². The van der Waals surface area contributed by atoms with E-state index < -0.39 is 5.60 Å². The van der Waals surface area contributed by atoms with Gasteiger partial charge in [0, 0.05) is 24.3 Å². The second-order valence-corrected chi connectivity index (χ2v) is 10.3. The highest BCUT2D eigenvalue weighted by molar-refractivity contribution is 5.67. The first-order chi connectivity index (χ1) is 13.5. The monoisotopic (exact) mass is 403 g/mol. The van der Waals surface area contributed by atoms with Crippen LogP contribution in [0.2, 0.25) is 0 Å². The summed E-state index contributed by atoms with van der Waals surface area (Å²) in [5.41, 5.74) is 2.36. The van der Waals surface area contributed by atoms with Crippen molar-refractivity contribution in [3.63, 3.8) is 0 Å². The highest BCUT2D eigenvalue weighted by Crippen LogP contribution is 2.26. The summed E-state index contributed by atoms with van der Waals surface area (Å²) in [5, 5.41) is 10.1. The van der Waals surface area contributed by atoms with Crippen LogP contribution in [-0.2, 0) is 10.2 Å². The normalized spacial score (nSPS) is 20.2. The van der Waals surface area contributed by atoms with E-state index >= 15 is 0 Å².